The number of hydrogen-bond acceptors (Lipinski definition) is 5. The summed E-state index contributed by atoms with van der Waals surface area (Å²) in [6.45, 7) is 12.1. The largest absolute Gasteiger partial charge is 0.441 e. The second kappa shape index (κ2) is 8.19. The molecule has 2 amide bonds. The summed E-state index contributed by atoms with van der Waals surface area (Å²) >= 11 is 0. The predicted octanol–water partition coefficient (Wildman–Crippen LogP) is 1.87. The minimum atomic E-state index is -0.396. The van der Waals surface area contributed by atoms with Crippen molar-refractivity contribution in [3.05, 3.63) is 0 Å². The van der Waals surface area contributed by atoms with Crippen LogP contribution in [0.5, 0.6) is 0 Å². The standard InChI is InChI=1S/C21H38N4O3/c1-20(2,3)14-18(26)24-10-7-21(8-11-24)16-25(19(27)28-21)13-12-23-9-6-17(15-23)22(4)5/h17H,6-16H2,1-5H3/t17-/m1/s1. The Hall–Kier alpha value is -1.34. The fourth-order valence-electron chi connectivity index (χ4n) is 4.55. The Kier molecular flexibility index (Phi) is 6.25. The highest BCUT2D eigenvalue weighted by Crippen LogP contribution is 2.34. The minimum Gasteiger partial charge on any atom is -0.441 e. The number of carbonyl (C=O) groups is 2. The van der Waals surface area contributed by atoms with Gasteiger partial charge in [0, 0.05) is 58.0 Å². The molecule has 160 valence electrons. The van der Waals surface area contributed by atoms with Gasteiger partial charge in [0.1, 0.15) is 5.60 Å². The van der Waals surface area contributed by atoms with E-state index in [-0.39, 0.29) is 17.4 Å². The molecule has 3 heterocycles. The average Bonchev–Trinajstić information content (AvgIpc) is 3.17. The molecule has 0 aromatic heterocycles. The summed E-state index contributed by atoms with van der Waals surface area (Å²) in [5.41, 5.74) is -0.392. The predicted molar refractivity (Wildman–Crippen MR) is 109 cm³/mol. The van der Waals surface area contributed by atoms with Crippen molar-refractivity contribution in [1.82, 2.24) is 19.6 Å². The van der Waals surface area contributed by atoms with Gasteiger partial charge in [-0.25, -0.2) is 4.79 Å². The third kappa shape index (κ3) is 5.17. The minimum absolute atomic E-state index is 0.00397. The lowest BCUT2D eigenvalue weighted by Crippen LogP contribution is -2.49. The van der Waals surface area contributed by atoms with E-state index < -0.39 is 5.60 Å². The molecule has 0 radical (unpaired) electrons. The first-order valence-corrected chi connectivity index (χ1v) is 10.7. The molecule has 7 nitrogen and oxygen atoms in total. The molecule has 1 atom stereocenters. The second-order valence-electron chi connectivity index (χ2n) is 10.3. The Morgan fingerprint density at radius 2 is 1.86 bits per heavy atom. The first-order valence-electron chi connectivity index (χ1n) is 10.7. The van der Waals surface area contributed by atoms with E-state index in [9.17, 15) is 9.59 Å². The van der Waals surface area contributed by atoms with Gasteiger partial charge in [0.25, 0.3) is 0 Å². The SMILES string of the molecule is CN(C)[C@@H]1CCN(CCN2CC3(CCN(C(=O)CC(C)(C)C)CC3)OC2=O)C1. The van der Waals surface area contributed by atoms with Crippen LogP contribution in [0, 0.1) is 5.41 Å². The maximum atomic E-state index is 12.5. The Bertz CT molecular complexity index is 579. The van der Waals surface area contributed by atoms with Crippen LogP contribution in [0.1, 0.15) is 46.5 Å². The van der Waals surface area contributed by atoms with Crippen molar-refractivity contribution in [3.8, 4) is 0 Å². The number of nitrogens with zero attached hydrogens (tertiary/aromatic N) is 4. The zero-order valence-electron chi connectivity index (χ0n) is 18.4. The van der Waals surface area contributed by atoms with E-state index in [1.165, 1.54) is 6.42 Å². The molecule has 0 N–H and O–H groups in total. The molecule has 3 rings (SSSR count). The molecule has 3 saturated heterocycles. The van der Waals surface area contributed by atoms with Gasteiger partial charge in [0.2, 0.25) is 5.91 Å². The lowest BCUT2D eigenvalue weighted by atomic mass is 9.88. The van der Waals surface area contributed by atoms with Crippen molar-refractivity contribution in [3.63, 3.8) is 0 Å². The number of piperidine rings is 1. The van der Waals surface area contributed by atoms with Gasteiger partial charge >= 0.3 is 6.09 Å². The molecule has 7 heteroatoms. The number of ether oxygens (including phenoxy) is 1. The van der Waals surface area contributed by atoms with E-state index in [0.29, 0.717) is 32.1 Å². The molecular weight excluding hydrogens is 356 g/mol. The maximum Gasteiger partial charge on any atom is 0.410 e. The molecule has 0 bridgehead atoms. The van der Waals surface area contributed by atoms with E-state index in [1.807, 2.05) is 9.80 Å². The van der Waals surface area contributed by atoms with Crippen LogP contribution < -0.4 is 0 Å². The zero-order valence-corrected chi connectivity index (χ0v) is 18.4. The topological polar surface area (TPSA) is 56.3 Å². The van der Waals surface area contributed by atoms with Crippen molar-refractivity contribution >= 4 is 12.0 Å². The van der Waals surface area contributed by atoms with E-state index in [4.69, 9.17) is 4.74 Å². The lowest BCUT2D eigenvalue weighted by molar-refractivity contribution is -0.136. The van der Waals surface area contributed by atoms with Gasteiger partial charge in [-0.2, -0.15) is 0 Å². The molecule has 0 aromatic rings. The number of likely N-dealkylation sites (N-methyl/N-ethyl adjacent to an activating group) is 1. The number of likely N-dealkylation sites (tertiary alicyclic amines) is 2. The normalized spacial score (nSPS) is 25.8. The smallest absolute Gasteiger partial charge is 0.410 e. The summed E-state index contributed by atoms with van der Waals surface area (Å²) in [7, 11) is 4.27. The highest BCUT2D eigenvalue weighted by Gasteiger charge is 2.47. The van der Waals surface area contributed by atoms with Crippen LogP contribution >= 0.6 is 0 Å². The quantitative estimate of drug-likeness (QED) is 0.713. The molecule has 0 aromatic carbocycles. The van der Waals surface area contributed by atoms with Crippen LogP contribution in [0.25, 0.3) is 0 Å². The molecule has 0 aliphatic carbocycles. The third-order valence-electron chi connectivity index (χ3n) is 6.41. The second-order valence-corrected chi connectivity index (χ2v) is 10.3. The van der Waals surface area contributed by atoms with Crippen LogP contribution in [-0.4, -0.2) is 103 Å². The van der Waals surface area contributed by atoms with Crippen LogP contribution in [0.15, 0.2) is 0 Å². The monoisotopic (exact) mass is 394 g/mol. The molecular formula is C21H38N4O3. The third-order valence-corrected chi connectivity index (χ3v) is 6.41. The van der Waals surface area contributed by atoms with Crippen LogP contribution in [0.2, 0.25) is 0 Å². The molecule has 1 spiro atoms. The van der Waals surface area contributed by atoms with Crippen molar-refractivity contribution in [2.75, 3.05) is 59.9 Å². The first kappa shape index (κ1) is 21.4. The van der Waals surface area contributed by atoms with Crippen LogP contribution in [0.4, 0.5) is 4.79 Å². The number of amides is 2. The summed E-state index contributed by atoms with van der Waals surface area (Å²) < 4.78 is 5.83. The summed E-state index contributed by atoms with van der Waals surface area (Å²) in [5.74, 6) is 0.216. The van der Waals surface area contributed by atoms with Crippen molar-refractivity contribution in [2.24, 2.45) is 5.41 Å². The Balaban J connectivity index is 1.45. The zero-order chi connectivity index (χ0) is 20.5. The number of hydrogen-bond donors (Lipinski definition) is 0. The molecule has 28 heavy (non-hydrogen) atoms. The summed E-state index contributed by atoms with van der Waals surface area (Å²) in [4.78, 5) is 33.4. The highest BCUT2D eigenvalue weighted by molar-refractivity contribution is 5.77. The van der Waals surface area contributed by atoms with Crippen LogP contribution in [-0.2, 0) is 9.53 Å². The fraction of sp³-hybridized carbons (Fsp3) is 0.905. The van der Waals surface area contributed by atoms with Crippen LogP contribution in [0.3, 0.4) is 0 Å². The van der Waals surface area contributed by atoms with Gasteiger partial charge < -0.3 is 19.4 Å². The van der Waals surface area contributed by atoms with E-state index in [0.717, 1.165) is 39.0 Å². The first-order chi connectivity index (χ1) is 13.1. The maximum absolute atomic E-state index is 12.5. The van der Waals surface area contributed by atoms with Gasteiger partial charge in [-0.05, 0) is 32.5 Å². The van der Waals surface area contributed by atoms with E-state index in [2.05, 4.69) is 44.7 Å². The molecule has 3 aliphatic rings. The van der Waals surface area contributed by atoms with Gasteiger partial charge in [-0.1, -0.05) is 20.8 Å². The van der Waals surface area contributed by atoms with E-state index >= 15 is 0 Å². The van der Waals surface area contributed by atoms with Gasteiger partial charge in [-0.3, -0.25) is 9.69 Å². The molecule has 0 unspecified atom stereocenters. The number of rotatable bonds is 5. The molecule has 3 aliphatic heterocycles. The summed E-state index contributed by atoms with van der Waals surface area (Å²) in [6.07, 6.45) is 3.07. The summed E-state index contributed by atoms with van der Waals surface area (Å²) in [6, 6.07) is 0.617. The highest BCUT2D eigenvalue weighted by atomic mass is 16.6. The van der Waals surface area contributed by atoms with Crippen molar-refractivity contribution < 1.29 is 14.3 Å². The molecule has 0 saturated carbocycles. The lowest BCUT2D eigenvalue weighted by Gasteiger charge is -2.38. The van der Waals surface area contributed by atoms with Gasteiger partial charge in [0.15, 0.2) is 0 Å². The van der Waals surface area contributed by atoms with Crippen molar-refractivity contribution in [1.29, 1.82) is 0 Å². The Morgan fingerprint density at radius 3 is 2.43 bits per heavy atom. The van der Waals surface area contributed by atoms with Crippen molar-refractivity contribution in [2.45, 2.75) is 58.1 Å². The molecule has 3 fully saturated rings. The van der Waals surface area contributed by atoms with E-state index in [1.54, 1.807) is 0 Å². The van der Waals surface area contributed by atoms with Gasteiger partial charge in [-0.15, -0.1) is 0 Å². The number of carbonyl (C=O) groups excluding carboxylic acids is 2. The van der Waals surface area contributed by atoms with Gasteiger partial charge in [0.05, 0.1) is 6.54 Å². The Labute approximate surface area is 169 Å². The average molecular weight is 395 g/mol. The summed E-state index contributed by atoms with van der Waals surface area (Å²) in [5, 5.41) is 0. The fourth-order valence-corrected chi connectivity index (χ4v) is 4.55. The Morgan fingerprint density at radius 1 is 1.18 bits per heavy atom.